The topological polar surface area (TPSA) is 74.6 Å². The average Bonchev–Trinajstić information content (AvgIpc) is 2.78. The Bertz CT molecular complexity index is 638. The normalized spacial score (nSPS) is 49.8. The molecular weight excluding hydrogens is 304 g/mol. The smallest absolute Gasteiger partial charge is 0.331 e. The van der Waals surface area contributed by atoms with E-state index in [0.29, 0.717) is 11.5 Å². The predicted octanol–water partition coefficient (Wildman–Crippen LogP) is 4.10. The lowest BCUT2D eigenvalue weighted by atomic mass is 9.41. The molecule has 4 heteroatoms. The van der Waals surface area contributed by atoms with Crippen LogP contribution in [-0.2, 0) is 9.59 Å². The van der Waals surface area contributed by atoms with Crippen molar-refractivity contribution in [1.82, 2.24) is 0 Å². The van der Waals surface area contributed by atoms with Gasteiger partial charge in [0.2, 0.25) is 0 Å². The lowest BCUT2D eigenvalue weighted by molar-refractivity contribution is -0.177. The number of carboxylic acids is 2. The third-order valence-corrected chi connectivity index (χ3v) is 8.41. The van der Waals surface area contributed by atoms with E-state index in [4.69, 9.17) is 0 Å². The molecule has 4 aliphatic carbocycles. The molecule has 3 saturated carbocycles. The SMILES string of the molecule is C[C@@]12CCC[C@](C)(C(=O)O)[C@H]1CC[C@]13C=C(C(=O)O)[C@H](CC[C@H]12)C3. The van der Waals surface area contributed by atoms with E-state index in [2.05, 4.69) is 13.0 Å². The minimum atomic E-state index is -0.746. The third kappa shape index (κ3) is 1.86. The summed E-state index contributed by atoms with van der Waals surface area (Å²) in [4.78, 5) is 23.7. The summed E-state index contributed by atoms with van der Waals surface area (Å²) in [6.07, 6.45) is 9.82. The fraction of sp³-hybridized carbons (Fsp3) is 0.800. The summed E-state index contributed by atoms with van der Waals surface area (Å²) in [5.41, 5.74) is 0.0533. The van der Waals surface area contributed by atoms with Gasteiger partial charge in [-0.2, -0.15) is 0 Å². The molecule has 4 rings (SSSR count). The first-order valence-corrected chi connectivity index (χ1v) is 9.42. The molecule has 132 valence electrons. The van der Waals surface area contributed by atoms with Gasteiger partial charge in [0, 0.05) is 5.57 Å². The highest BCUT2D eigenvalue weighted by atomic mass is 16.4. The van der Waals surface area contributed by atoms with Gasteiger partial charge in [0.15, 0.2) is 0 Å². The molecule has 3 fully saturated rings. The molecule has 0 amide bonds. The van der Waals surface area contributed by atoms with Crippen LogP contribution in [0.3, 0.4) is 0 Å². The van der Waals surface area contributed by atoms with Crippen molar-refractivity contribution in [2.45, 2.75) is 65.2 Å². The van der Waals surface area contributed by atoms with E-state index in [9.17, 15) is 19.8 Å². The first kappa shape index (κ1) is 16.2. The maximum atomic E-state index is 12.0. The molecule has 0 radical (unpaired) electrons. The number of allylic oxidation sites excluding steroid dienone is 1. The fourth-order valence-corrected chi connectivity index (χ4v) is 7.43. The van der Waals surface area contributed by atoms with Crippen LogP contribution >= 0.6 is 0 Å². The van der Waals surface area contributed by atoms with Gasteiger partial charge in [0.25, 0.3) is 0 Å². The average molecular weight is 332 g/mol. The Balaban J connectivity index is 1.76. The van der Waals surface area contributed by atoms with Crippen LogP contribution in [0.15, 0.2) is 11.6 Å². The molecule has 0 aromatic rings. The molecule has 0 aliphatic heterocycles. The first-order valence-electron chi connectivity index (χ1n) is 9.42. The highest BCUT2D eigenvalue weighted by Gasteiger charge is 2.64. The maximum absolute atomic E-state index is 12.0. The first-order chi connectivity index (χ1) is 11.2. The van der Waals surface area contributed by atoms with Gasteiger partial charge in [-0.1, -0.05) is 19.4 Å². The zero-order valence-corrected chi connectivity index (χ0v) is 14.7. The van der Waals surface area contributed by atoms with Crippen molar-refractivity contribution in [1.29, 1.82) is 0 Å². The maximum Gasteiger partial charge on any atom is 0.331 e. The number of fused-ring (bicyclic) bond motifs is 3. The Kier molecular flexibility index (Phi) is 3.27. The summed E-state index contributed by atoms with van der Waals surface area (Å²) in [6.45, 7) is 4.27. The minimum absolute atomic E-state index is 0.0125. The van der Waals surface area contributed by atoms with E-state index in [1.807, 2.05) is 6.92 Å². The van der Waals surface area contributed by atoms with Gasteiger partial charge in [-0.25, -0.2) is 4.79 Å². The summed E-state index contributed by atoms with van der Waals surface area (Å²) >= 11 is 0. The monoisotopic (exact) mass is 332 g/mol. The van der Waals surface area contributed by atoms with Gasteiger partial charge in [-0.05, 0) is 80.5 Å². The Hall–Kier alpha value is -1.32. The summed E-state index contributed by atoms with van der Waals surface area (Å²) in [5, 5.41) is 19.5. The minimum Gasteiger partial charge on any atom is -0.481 e. The van der Waals surface area contributed by atoms with Gasteiger partial charge >= 0.3 is 11.9 Å². The van der Waals surface area contributed by atoms with E-state index >= 15 is 0 Å². The molecule has 2 bridgehead atoms. The third-order valence-electron chi connectivity index (χ3n) is 8.41. The van der Waals surface area contributed by atoms with Gasteiger partial charge in [-0.15, -0.1) is 0 Å². The van der Waals surface area contributed by atoms with Gasteiger partial charge in [0.05, 0.1) is 5.41 Å². The van der Waals surface area contributed by atoms with Crippen LogP contribution in [0.2, 0.25) is 0 Å². The number of hydrogen-bond acceptors (Lipinski definition) is 2. The zero-order chi connectivity index (χ0) is 17.3. The highest BCUT2D eigenvalue weighted by Crippen LogP contribution is 2.70. The summed E-state index contributed by atoms with van der Waals surface area (Å²) in [5.74, 6) is -0.519. The van der Waals surface area contributed by atoms with Crippen molar-refractivity contribution in [3.05, 3.63) is 11.6 Å². The van der Waals surface area contributed by atoms with Crippen LogP contribution in [0.5, 0.6) is 0 Å². The quantitative estimate of drug-likeness (QED) is 0.798. The Labute approximate surface area is 143 Å². The summed E-state index contributed by atoms with van der Waals surface area (Å²) in [7, 11) is 0. The van der Waals surface area contributed by atoms with Crippen LogP contribution in [0, 0.1) is 34.0 Å². The molecule has 6 atom stereocenters. The Morgan fingerprint density at radius 1 is 1.04 bits per heavy atom. The van der Waals surface area contributed by atoms with Crippen LogP contribution in [-0.4, -0.2) is 22.2 Å². The zero-order valence-electron chi connectivity index (χ0n) is 14.7. The molecule has 0 heterocycles. The molecule has 2 N–H and O–H groups in total. The lowest BCUT2D eigenvalue weighted by Gasteiger charge is -2.63. The number of rotatable bonds is 2. The lowest BCUT2D eigenvalue weighted by Crippen LogP contribution is -2.58. The Morgan fingerprint density at radius 3 is 2.46 bits per heavy atom. The van der Waals surface area contributed by atoms with Crippen molar-refractivity contribution in [3.63, 3.8) is 0 Å². The van der Waals surface area contributed by atoms with E-state index in [0.717, 1.165) is 51.4 Å². The van der Waals surface area contributed by atoms with Gasteiger partial charge in [0.1, 0.15) is 0 Å². The van der Waals surface area contributed by atoms with Crippen LogP contribution in [0.25, 0.3) is 0 Å². The molecule has 24 heavy (non-hydrogen) atoms. The van der Waals surface area contributed by atoms with Crippen molar-refractivity contribution < 1.29 is 19.8 Å². The second kappa shape index (κ2) is 4.86. The highest BCUT2D eigenvalue weighted by molar-refractivity contribution is 5.88. The largest absolute Gasteiger partial charge is 0.481 e. The second-order valence-corrected chi connectivity index (χ2v) is 9.34. The van der Waals surface area contributed by atoms with Gasteiger partial charge < -0.3 is 10.2 Å². The number of hydrogen-bond donors (Lipinski definition) is 2. The molecule has 1 spiro atoms. The molecule has 0 aromatic heterocycles. The fourth-order valence-electron chi connectivity index (χ4n) is 7.43. The van der Waals surface area contributed by atoms with Crippen molar-refractivity contribution >= 4 is 11.9 Å². The predicted molar refractivity (Wildman–Crippen MR) is 89.4 cm³/mol. The van der Waals surface area contributed by atoms with E-state index < -0.39 is 17.4 Å². The molecule has 0 unspecified atom stereocenters. The van der Waals surface area contributed by atoms with Crippen molar-refractivity contribution in [2.75, 3.05) is 0 Å². The van der Waals surface area contributed by atoms with Gasteiger partial charge in [-0.3, -0.25) is 4.79 Å². The van der Waals surface area contributed by atoms with Crippen molar-refractivity contribution in [2.24, 2.45) is 34.0 Å². The Morgan fingerprint density at radius 2 is 1.79 bits per heavy atom. The number of carboxylic acid groups (broad SMARTS) is 2. The van der Waals surface area contributed by atoms with Crippen LogP contribution in [0.4, 0.5) is 0 Å². The summed E-state index contributed by atoms with van der Waals surface area (Å²) < 4.78 is 0. The molecule has 4 nitrogen and oxygen atoms in total. The van der Waals surface area contributed by atoms with Crippen LogP contribution < -0.4 is 0 Å². The molecule has 4 aliphatic rings. The second-order valence-electron chi connectivity index (χ2n) is 9.34. The van der Waals surface area contributed by atoms with Crippen molar-refractivity contribution in [3.8, 4) is 0 Å². The standard InChI is InChI=1S/C20H28O4/c1-18-7-3-8-19(2,17(23)24)14(18)6-9-20-10-12(4-5-15(18)20)13(11-20)16(21)22/h11-12,14-15H,3-10H2,1-2H3,(H,21,22)(H,23,24)/t12-,14+,15+,18-,19+,20+/m1/s1. The summed E-state index contributed by atoms with van der Waals surface area (Å²) in [6, 6.07) is 0. The van der Waals surface area contributed by atoms with Crippen LogP contribution in [0.1, 0.15) is 65.2 Å². The van der Waals surface area contributed by atoms with E-state index in [-0.39, 0.29) is 22.7 Å². The number of carbonyl (C=O) groups is 2. The molecule has 0 aromatic carbocycles. The molecular formula is C20H28O4. The number of aliphatic carboxylic acids is 2. The molecule has 0 saturated heterocycles. The van der Waals surface area contributed by atoms with E-state index in [1.54, 1.807) is 0 Å². The van der Waals surface area contributed by atoms with E-state index in [1.165, 1.54) is 0 Å².